The van der Waals surface area contributed by atoms with Gasteiger partial charge in [0, 0.05) is 49.3 Å². The minimum absolute atomic E-state index is 0.159. The number of carboxylic acid groups (broad SMARTS) is 2. The lowest BCUT2D eigenvalue weighted by atomic mass is 10.1. The van der Waals surface area contributed by atoms with Gasteiger partial charge in [-0.25, -0.2) is 14.0 Å². The average molecular weight is 483 g/mol. The molecule has 0 spiro atoms. The van der Waals surface area contributed by atoms with E-state index in [1.807, 2.05) is 18.2 Å². The van der Waals surface area contributed by atoms with Crippen LogP contribution in [0.15, 0.2) is 46.9 Å². The van der Waals surface area contributed by atoms with Crippen LogP contribution in [-0.2, 0) is 22.7 Å². The van der Waals surface area contributed by atoms with Gasteiger partial charge in [-0.3, -0.25) is 9.80 Å². The maximum absolute atomic E-state index is 13.3. The summed E-state index contributed by atoms with van der Waals surface area (Å²) in [4.78, 5) is 23.0. The van der Waals surface area contributed by atoms with Crippen molar-refractivity contribution in [3.8, 4) is 5.75 Å². The Balaban J connectivity index is 0.000000469. The summed E-state index contributed by atoms with van der Waals surface area (Å²) in [5, 5.41) is 14.8. The third-order valence-corrected chi connectivity index (χ3v) is 5.07. The Kier molecular flexibility index (Phi) is 9.22. The van der Waals surface area contributed by atoms with Gasteiger partial charge in [0.15, 0.2) is 0 Å². The van der Waals surface area contributed by atoms with E-state index >= 15 is 0 Å². The highest BCUT2D eigenvalue weighted by Crippen LogP contribution is 2.25. The normalized spacial score (nSPS) is 14.5. The Hall–Kier alpha value is -2.49. The van der Waals surface area contributed by atoms with Crippen molar-refractivity contribution >= 4 is 27.9 Å². The first kappa shape index (κ1) is 23.8. The number of aliphatic carboxylic acids is 2. The van der Waals surface area contributed by atoms with Gasteiger partial charge < -0.3 is 14.9 Å². The predicted molar refractivity (Wildman–Crippen MR) is 113 cm³/mol. The van der Waals surface area contributed by atoms with E-state index in [1.54, 1.807) is 19.2 Å². The van der Waals surface area contributed by atoms with Crippen molar-refractivity contribution in [1.82, 2.24) is 9.80 Å². The average Bonchev–Trinajstić information content (AvgIpc) is 2.70. The van der Waals surface area contributed by atoms with Gasteiger partial charge in [0.2, 0.25) is 0 Å². The van der Waals surface area contributed by atoms with Crippen molar-refractivity contribution < 1.29 is 28.9 Å². The number of carbonyl (C=O) groups is 2. The van der Waals surface area contributed by atoms with Crippen molar-refractivity contribution in [3.05, 3.63) is 63.9 Å². The molecule has 2 aromatic carbocycles. The van der Waals surface area contributed by atoms with Gasteiger partial charge >= 0.3 is 11.9 Å². The maximum atomic E-state index is 13.3. The minimum Gasteiger partial charge on any atom is -0.496 e. The van der Waals surface area contributed by atoms with Crippen LogP contribution in [-0.4, -0.2) is 65.2 Å². The number of hydrogen-bond donors (Lipinski definition) is 2. The second-order valence-electron chi connectivity index (χ2n) is 6.75. The summed E-state index contributed by atoms with van der Waals surface area (Å²) in [6.45, 7) is 5.69. The number of piperazine rings is 1. The molecule has 7 nitrogen and oxygen atoms in total. The fourth-order valence-electron chi connectivity index (χ4n) is 3.11. The summed E-state index contributed by atoms with van der Waals surface area (Å²) in [5.41, 5.74) is 2.24. The number of nitrogens with zero attached hydrogens (tertiary/aromatic N) is 2. The maximum Gasteiger partial charge on any atom is 0.414 e. The highest BCUT2D eigenvalue weighted by Gasteiger charge is 2.18. The van der Waals surface area contributed by atoms with Crippen LogP contribution < -0.4 is 4.74 Å². The number of halogens is 2. The Morgan fingerprint density at radius 3 is 2.13 bits per heavy atom. The number of hydrogen-bond acceptors (Lipinski definition) is 5. The molecule has 1 heterocycles. The predicted octanol–water partition coefficient (Wildman–Crippen LogP) is 3.07. The third-order valence-electron chi connectivity index (χ3n) is 4.58. The molecule has 0 bridgehead atoms. The zero-order valence-corrected chi connectivity index (χ0v) is 18.1. The fourth-order valence-corrected chi connectivity index (χ4v) is 3.52. The summed E-state index contributed by atoms with van der Waals surface area (Å²) in [6.07, 6.45) is 0. The molecule has 0 saturated carbocycles. The van der Waals surface area contributed by atoms with Crippen LogP contribution in [0.4, 0.5) is 4.39 Å². The van der Waals surface area contributed by atoms with Gasteiger partial charge in [0.25, 0.3) is 0 Å². The van der Waals surface area contributed by atoms with Crippen molar-refractivity contribution in [2.75, 3.05) is 33.3 Å². The Morgan fingerprint density at radius 2 is 1.60 bits per heavy atom. The highest BCUT2D eigenvalue weighted by atomic mass is 79.9. The van der Waals surface area contributed by atoms with Crippen LogP contribution in [0.2, 0.25) is 0 Å². The molecule has 0 unspecified atom stereocenters. The molecule has 1 fully saturated rings. The molecule has 30 heavy (non-hydrogen) atoms. The number of carboxylic acids is 2. The molecule has 1 saturated heterocycles. The molecule has 2 aromatic rings. The van der Waals surface area contributed by atoms with E-state index in [0.29, 0.717) is 0 Å². The molecule has 0 aliphatic carbocycles. The van der Waals surface area contributed by atoms with Gasteiger partial charge in [-0.2, -0.15) is 0 Å². The second-order valence-corrected chi connectivity index (χ2v) is 7.66. The van der Waals surface area contributed by atoms with Crippen molar-refractivity contribution in [2.45, 2.75) is 13.1 Å². The zero-order valence-electron chi connectivity index (χ0n) is 16.6. The molecule has 162 valence electrons. The molecule has 0 atom stereocenters. The van der Waals surface area contributed by atoms with Crippen LogP contribution in [0.25, 0.3) is 0 Å². The van der Waals surface area contributed by atoms with Crippen molar-refractivity contribution in [3.63, 3.8) is 0 Å². The Labute approximate surface area is 182 Å². The van der Waals surface area contributed by atoms with E-state index in [0.717, 1.165) is 55.1 Å². The van der Waals surface area contributed by atoms with Gasteiger partial charge in [-0.15, -0.1) is 0 Å². The van der Waals surface area contributed by atoms with E-state index in [2.05, 4.69) is 31.8 Å². The lowest BCUT2D eigenvalue weighted by Gasteiger charge is -2.35. The monoisotopic (exact) mass is 482 g/mol. The van der Waals surface area contributed by atoms with Gasteiger partial charge in [-0.05, 0) is 35.9 Å². The molecule has 0 aromatic heterocycles. The molecular formula is C21H24BrFN2O5. The molecule has 2 N–H and O–H groups in total. The first-order chi connectivity index (χ1) is 14.3. The van der Waals surface area contributed by atoms with Gasteiger partial charge in [0.1, 0.15) is 11.6 Å². The molecular weight excluding hydrogens is 459 g/mol. The minimum atomic E-state index is -1.82. The van der Waals surface area contributed by atoms with Crippen LogP contribution in [0, 0.1) is 5.82 Å². The molecule has 1 aliphatic rings. The SMILES string of the molecule is COc1ccc(Br)cc1CN1CCN(Cc2cccc(F)c2)CC1.O=C(O)C(=O)O. The van der Waals surface area contributed by atoms with Crippen molar-refractivity contribution in [1.29, 1.82) is 0 Å². The largest absolute Gasteiger partial charge is 0.496 e. The first-order valence-electron chi connectivity index (χ1n) is 9.26. The molecule has 9 heteroatoms. The molecule has 1 aliphatic heterocycles. The smallest absolute Gasteiger partial charge is 0.414 e. The zero-order chi connectivity index (χ0) is 22.1. The summed E-state index contributed by atoms with van der Waals surface area (Å²) < 4.78 is 19.8. The Morgan fingerprint density at radius 1 is 1.00 bits per heavy atom. The molecule has 0 amide bonds. The standard InChI is InChI=1S/C19H22BrFN2O.C2H2O4/c1-24-19-6-5-17(20)12-16(19)14-23-9-7-22(8-10-23)13-15-3-2-4-18(21)11-15;3-1(4)2(5)6/h2-6,11-12H,7-10,13-14H2,1H3;(H,3,4)(H,5,6). The van der Waals surface area contributed by atoms with Crippen LogP contribution in [0.3, 0.4) is 0 Å². The third kappa shape index (κ3) is 7.74. The van der Waals surface area contributed by atoms with Gasteiger partial charge in [-0.1, -0.05) is 28.1 Å². The van der Waals surface area contributed by atoms with Crippen LogP contribution >= 0.6 is 15.9 Å². The van der Waals surface area contributed by atoms with E-state index < -0.39 is 11.9 Å². The van der Waals surface area contributed by atoms with E-state index in [-0.39, 0.29) is 5.82 Å². The number of methoxy groups -OCH3 is 1. The van der Waals surface area contributed by atoms with E-state index in [4.69, 9.17) is 24.5 Å². The number of benzene rings is 2. The summed E-state index contributed by atoms with van der Waals surface area (Å²) in [7, 11) is 1.71. The lowest BCUT2D eigenvalue weighted by molar-refractivity contribution is -0.159. The quantitative estimate of drug-likeness (QED) is 0.632. The fraction of sp³-hybridized carbons (Fsp3) is 0.333. The van der Waals surface area contributed by atoms with Crippen molar-refractivity contribution in [2.24, 2.45) is 0 Å². The Bertz CT molecular complexity index is 860. The number of rotatable bonds is 5. The first-order valence-corrected chi connectivity index (χ1v) is 10.1. The molecule has 0 radical (unpaired) electrons. The van der Waals surface area contributed by atoms with Crippen LogP contribution in [0.5, 0.6) is 5.75 Å². The highest BCUT2D eigenvalue weighted by molar-refractivity contribution is 9.10. The molecule has 3 rings (SSSR count). The summed E-state index contributed by atoms with van der Waals surface area (Å²) in [5.74, 6) is -2.88. The summed E-state index contributed by atoms with van der Waals surface area (Å²) >= 11 is 3.53. The van der Waals surface area contributed by atoms with E-state index in [1.165, 1.54) is 11.6 Å². The van der Waals surface area contributed by atoms with Crippen LogP contribution in [0.1, 0.15) is 11.1 Å². The second kappa shape index (κ2) is 11.6. The summed E-state index contributed by atoms with van der Waals surface area (Å²) in [6, 6.07) is 13.0. The lowest BCUT2D eigenvalue weighted by Crippen LogP contribution is -2.45. The number of ether oxygens (including phenoxy) is 1. The van der Waals surface area contributed by atoms with E-state index in [9.17, 15) is 4.39 Å². The van der Waals surface area contributed by atoms with Gasteiger partial charge in [0.05, 0.1) is 7.11 Å². The topological polar surface area (TPSA) is 90.3 Å².